The molecular formula is C16H28ClN5O. The van der Waals surface area contributed by atoms with E-state index in [1.807, 2.05) is 16.9 Å². The zero-order valence-corrected chi connectivity index (χ0v) is 14.6. The molecule has 2 saturated heterocycles. The number of likely N-dealkylation sites (N-methyl/N-ethyl adjacent to an activating group) is 1. The molecule has 0 spiro atoms. The second-order valence-electron chi connectivity index (χ2n) is 6.32. The summed E-state index contributed by atoms with van der Waals surface area (Å²) in [5.41, 5.74) is 0.534. The number of nitrogens with one attached hydrogen (secondary N) is 2. The van der Waals surface area contributed by atoms with E-state index in [1.165, 1.54) is 19.3 Å². The van der Waals surface area contributed by atoms with Crippen molar-refractivity contribution in [1.29, 1.82) is 0 Å². The van der Waals surface area contributed by atoms with Crippen molar-refractivity contribution in [3.63, 3.8) is 0 Å². The van der Waals surface area contributed by atoms with Gasteiger partial charge in [0.2, 0.25) is 0 Å². The van der Waals surface area contributed by atoms with Gasteiger partial charge >= 0.3 is 0 Å². The summed E-state index contributed by atoms with van der Waals surface area (Å²) < 4.78 is 1.94. The van der Waals surface area contributed by atoms with E-state index in [4.69, 9.17) is 0 Å². The Hall–Kier alpha value is -1.11. The molecule has 7 heteroatoms. The second kappa shape index (κ2) is 8.66. The number of aromatic nitrogens is 2. The Balaban J connectivity index is 0.00000192. The number of rotatable bonds is 5. The van der Waals surface area contributed by atoms with Crippen LogP contribution < -0.4 is 10.6 Å². The number of hydrogen-bond donors (Lipinski definition) is 2. The first-order chi connectivity index (χ1) is 10.8. The number of carbonyl (C=O) groups is 1. The molecule has 2 fully saturated rings. The Labute approximate surface area is 144 Å². The molecule has 1 aromatic heterocycles. The van der Waals surface area contributed by atoms with Crippen LogP contribution >= 0.6 is 12.4 Å². The van der Waals surface area contributed by atoms with Crippen LogP contribution in [0.1, 0.15) is 49.1 Å². The molecule has 1 amide bonds. The second-order valence-corrected chi connectivity index (χ2v) is 6.32. The van der Waals surface area contributed by atoms with E-state index in [-0.39, 0.29) is 18.3 Å². The van der Waals surface area contributed by atoms with Crippen LogP contribution in [0.2, 0.25) is 0 Å². The molecule has 0 radical (unpaired) electrons. The summed E-state index contributed by atoms with van der Waals surface area (Å²) in [5, 5.41) is 10.9. The van der Waals surface area contributed by atoms with Crippen molar-refractivity contribution in [3.05, 3.63) is 18.0 Å². The van der Waals surface area contributed by atoms with Crippen molar-refractivity contribution in [2.45, 2.75) is 44.7 Å². The molecule has 0 aromatic carbocycles. The van der Waals surface area contributed by atoms with E-state index >= 15 is 0 Å². The minimum atomic E-state index is -0.0505. The van der Waals surface area contributed by atoms with Crippen molar-refractivity contribution >= 4 is 18.3 Å². The minimum Gasteiger partial charge on any atom is -0.349 e. The van der Waals surface area contributed by atoms with Gasteiger partial charge in [-0.3, -0.25) is 14.4 Å². The molecule has 130 valence electrons. The van der Waals surface area contributed by atoms with Crippen molar-refractivity contribution < 1.29 is 4.79 Å². The fourth-order valence-corrected chi connectivity index (χ4v) is 3.57. The fourth-order valence-electron chi connectivity index (χ4n) is 3.57. The molecule has 2 aliphatic heterocycles. The molecule has 6 nitrogen and oxygen atoms in total. The van der Waals surface area contributed by atoms with Gasteiger partial charge in [-0.05, 0) is 51.4 Å². The van der Waals surface area contributed by atoms with Crippen LogP contribution in [0.4, 0.5) is 0 Å². The fraction of sp³-hybridized carbons (Fsp3) is 0.750. The van der Waals surface area contributed by atoms with Crippen molar-refractivity contribution in [2.75, 3.05) is 32.7 Å². The maximum Gasteiger partial charge on any atom is 0.271 e. The van der Waals surface area contributed by atoms with E-state index < -0.39 is 0 Å². The van der Waals surface area contributed by atoms with E-state index in [2.05, 4.69) is 27.6 Å². The average molecular weight is 342 g/mol. The summed E-state index contributed by atoms with van der Waals surface area (Å²) in [6.07, 6.45) is 6.64. The first-order valence-corrected chi connectivity index (χ1v) is 8.56. The highest BCUT2D eigenvalue weighted by atomic mass is 35.5. The van der Waals surface area contributed by atoms with Gasteiger partial charge in [-0.15, -0.1) is 12.4 Å². The van der Waals surface area contributed by atoms with Crippen LogP contribution in [-0.2, 0) is 0 Å². The molecule has 0 aliphatic carbocycles. The summed E-state index contributed by atoms with van der Waals surface area (Å²) >= 11 is 0. The number of amides is 1. The van der Waals surface area contributed by atoms with Crippen LogP contribution in [0.15, 0.2) is 12.3 Å². The molecule has 2 unspecified atom stereocenters. The smallest absolute Gasteiger partial charge is 0.271 e. The molecule has 0 saturated carbocycles. The number of piperidine rings is 1. The molecule has 3 heterocycles. The molecule has 0 bridgehead atoms. The SMILES string of the molecule is CCN1CCCC1CNC(=O)c1ccn(C2CCCNC2)n1.Cl. The predicted octanol–water partition coefficient (Wildman–Crippen LogP) is 1.44. The zero-order chi connectivity index (χ0) is 15.4. The van der Waals surface area contributed by atoms with Crippen molar-refractivity contribution in [2.24, 2.45) is 0 Å². The maximum atomic E-state index is 12.3. The molecular weight excluding hydrogens is 314 g/mol. The monoisotopic (exact) mass is 341 g/mol. The first-order valence-electron chi connectivity index (χ1n) is 8.56. The van der Waals surface area contributed by atoms with Crippen LogP contribution in [0.5, 0.6) is 0 Å². The van der Waals surface area contributed by atoms with Crippen LogP contribution in [0, 0.1) is 0 Å². The molecule has 1 aromatic rings. The van der Waals surface area contributed by atoms with Gasteiger partial charge in [0.1, 0.15) is 5.69 Å². The van der Waals surface area contributed by atoms with Gasteiger partial charge in [0.15, 0.2) is 0 Å². The minimum absolute atomic E-state index is 0. The first kappa shape index (κ1) is 18.2. The highest BCUT2D eigenvalue weighted by Crippen LogP contribution is 2.17. The van der Waals surface area contributed by atoms with Crippen molar-refractivity contribution in [3.8, 4) is 0 Å². The summed E-state index contributed by atoms with van der Waals surface area (Å²) in [6.45, 7) is 7.14. The Morgan fingerprint density at radius 3 is 3.04 bits per heavy atom. The van der Waals surface area contributed by atoms with Gasteiger partial charge in [-0.2, -0.15) is 5.10 Å². The zero-order valence-electron chi connectivity index (χ0n) is 13.8. The normalized spacial score (nSPS) is 25.1. The van der Waals surface area contributed by atoms with Crippen LogP contribution in [0.3, 0.4) is 0 Å². The molecule has 2 atom stereocenters. The Morgan fingerprint density at radius 2 is 2.30 bits per heavy atom. The number of hydrogen-bond acceptors (Lipinski definition) is 4. The largest absolute Gasteiger partial charge is 0.349 e. The average Bonchev–Trinajstić information content (AvgIpc) is 3.22. The lowest BCUT2D eigenvalue weighted by Crippen LogP contribution is -2.40. The Bertz CT molecular complexity index is 500. The van der Waals surface area contributed by atoms with Gasteiger partial charge in [0, 0.05) is 25.3 Å². The Kier molecular flexibility index (Phi) is 6.87. The maximum absolute atomic E-state index is 12.3. The van der Waals surface area contributed by atoms with Gasteiger partial charge in [-0.25, -0.2) is 0 Å². The van der Waals surface area contributed by atoms with E-state index in [0.29, 0.717) is 17.8 Å². The summed E-state index contributed by atoms with van der Waals surface area (Å²) in [7, 11) is 0. The van der Waals surface area contributed by atoms with E-state index in [0.717, 1.165) is 39.1 Å². The third kappa shape index (κ3) is 4.46. The van der Waals surface area contributed by atoms with Gasteiger partial charge in [0.05, 0.1) is 6.04 Å². The molecule has 2 N–H and O–H groups in total. The van der Waals surface area contributed by atoms with Gasteiger partial charge in [-0.1, -0.05) is 6.92 Å². The molecule has 3 rings (SSSR count). The lowest BCUT2D eigenvalue weighted by atomic mass is 10.1. The highest BCUT2D eigenvalue weighted by molar-refractivity contribution is 5.92. The van der Waals surface area contributed by atoms with Crippen molar-refractivity contribution in [1.82, 2.24) is 25.3 Å². The highest BCUT2D eigenvalue weighted by Gasteiger charge is 2.24. The number of carbonyl (C=O) groups excluding carboxylic acids is 1. The lowest BCUT2D eigenvalue weighted by molar-refractivity contribution is 0.0935. The third-order valence-corrected chi connectivity index (χ3v) is 4.89. The quantitative estimate of drug-likeness (QED) is 0.850. The lowest BCUT2D eigenvalue weighted by Gasteiger charge is -2.23. The summed E-state index contributed by atoms with van der Waals surface area (Å²) in [6, 6.07) is 2.69. The summed E-state index contributed by atoms with van der Waals surface area (Å²) in [4.78, 5) is 14.7. The van der Waals surface area contributed by atoms with E-state index in [1.54, 1.807) is 0 Å². The van der Waals surface area contributed by atoms with E-state index in [9.17, 15) is 4.79 Å². The number of likely N-dealkylation sites (tertiary alicyclic amines) is 1. The number of halogens is 1. The predicted molar refractivity (Wildman–Crippen MR) is 93.2 cm³/mol. The molecule has 2 aliphatic rings. The van der Waals surface area contributed by atoms with Gasteiger partial charge in [0.25, 0.3) is 5.91 Å². The topological polar surface area (TPSA) is 62.2 Å². The van der Waals surface area contributed by atoms with Crippen LogP contribution in [0.25, 0.3) is 0 Å². The van der Waals surface area contributed by atoms with Crippen LogP contribution in [-0.4, -0.2) is 59.4 Å². The standard InChI is InChI=1S/C16H27N5O.ClH/c1-2-20-9-4-6-13(20)12-18-16(22)15-7-10-21(19-15)14-5-3-8-17-11-14;/h7,10,13-14,17H,2-6,8-9,11-12H2,1H3,(H,18,22);1H. The third-order valence-electron chi connectivity index (χ3n) is 4.89. The summed E-state index contributed by atoms with van der Waals surface area (Å²) in [5.74, 6) is -0.0505. The Morgan fingerprint density at radius 1 is 1.43 bits per heavy atom. The molecule has 23 heavy (non-hydrogen) atoms. The number of nitrogens with zero attached hydrogens (tertiary/aromatic N) is 3. The van der Waals surface area contributed by atoms with Gasteiger partial charge < -0.3 is 10.6 Å².